The van der Waals surface area contributed by atoms with Crippen molar-refractivity contribution in [2.24, 2.45) is 5.73 Å². The summed E-state index contributed by atoms with van der Waals surface area (Å²) in [7, 11) is -1.56. The highest BCUT2D eigenvalue weighted by atomic mass is 32.2. The Labute approximate surface area is 112 Å². The van der Waals surface area contributed by atoms with Crippen LogP contribution in [0.4, 0.5) is 8.78 Å². The molecule has 0 saturated carbocycles. The Kier molecular flexibility index (Phi) is 4.39. The maximum Gasteiger partial charge on any atom is 0.139 e. The maximum absolute atomic E-state index is 13.5. The van der Waals surface area contributed by atoms with E-state index in [1.54, 1.807) is 12.1 Å². The summed E-state index contributed by atoms with van der Waals surface area (Å²) in [5, 5.41) is 0. The fourth-order valence-electron chi connectivity index (χ4n) is 1.78. The highest BCUT2D eigenvalue weighted by Gasteiger charge is 2.12. The monoisotopic (exact) mass is 281 g/mol. The summed E-state index contributed by atoms with van der Waals surface area (Å²) in [6, 6.07) is 10.0. The van der Waals surface area contributed by atoms with E-state index in [2.05, 4.69) is 0 Å². The SMILES string of the molecule is NCc1ccc(F)cc1CS(=O)c1ccccc1F. The van der Waals surface area contributed by atoms with Crippen LogP contribution in [0.25, 0.3) is 0 Å². The number of nitrogens with two attached hydrogens (primary N) is 1. The van der Waals surface area contributed by atoms with Crippen molar-refractivity contribution in [3.05, 3.63) is 65.2 Å². The molecule has 2 aromatic carbocycles. The number of benzene rings is 2. The van der Waals surface area contributed by atoms with E-state index in [1.165, 1.54) is 30.3 Å². The summed E-state index contributed by atoms with van der Waals surface area (Å²) in [6.07, 6.45) is 0. The first kappa shape index (κ1) is 13.8. The lowest BCUT2D eigenvalue weighted by Crippen LogP contribution is -2.06. The van der Waals surface area contributed by atoms with Crippen LogP contribution in [0.1, 0.15) is 11.1 Å². The largest absolute Gasteiger partial charge is 0.326 e. The Morgan fingerprint density at radius 2 is 1.79 bits per heavy atom. The van der Waals surface area contributed by atoms with Gasteiger partial charge in [0, 0.05) is 6.54 Å². The van der Waals surface area contributed by atoms with Crippen molar-refractivity contribution in [2.75, 3.05) is 0 Å². The van der Waals surface area contributed by atoms with E-state index in [-0.39, 0.29) is 17.2 Å². The number of halogens is 2. The summed E-state index contributed by atoms with van der Waals surface area (Å²) in [5.41, 5.74) is 6.81. The predicted octanol–water partition coefficient (Wildman–Crippen LogP) is 2.73. The van der Waals surface area contributed by atoms with Crippen LogP contribution in [-0.2, 0) is 23.1 Å². The van der Waals surface area contributed by atoms with Gasteiger partial charge in [-0.15, -0.1) is 0 Å². The molecule has 0 radical (unpaired) electrons. The van der Waals surface area contributed by atoms with Gasteiger partial charge in [-0.1, -0.05) is 18.2 Å². The maximum atomic E-state index is 13.5. The van der Waals surface area contributed by atoms with E-state index in [4.69, 9.17) is 5.73 Å². The topological polar surface area (TPSA) is 43.1 Å². The second kappa shape index (κ2) is 6.04. The van der Waals surface area contributed by atoms with Crippen molar-refractivity contribution < 1.29 is 13.0 Å². The summed E-state index contributed by atoms with van der Waals surface area (Å²) < 4.78 is 38.8. The van der Waals surface area contributed by atoms with Gasteiger partial charge in [-0.2, -0.15) is 0 Å². The molecule has 2 rings (SSSR count). The van der Waals surface area contributed by atoms with Crippen LogP contribution >= 0.6 is 0 Å². The first-order chi connectivity index (χ1) is 9.11. The van der Waals surface area contributed by atoms with Gasteiger partial charge in [0.25, 0.3) is 0 Å². The predicted molar refractivity (Wildman–Crippen MR) is 70.8 cm³/mol. The van der Waals surface area contributed by atoms with Gasteiger partial charge in [0.15, 0.2) is 0 Å². The summed E-state index contributed by atoms with van der Waals surface area (Å²) in [5.74, 6) is -0.894. The Balaban J connectivity index is 2.29. The van der Waals surface area contributed by atoms with Crippen LogP contribution in [0.3, 0.4) is 0 Å². The lowest BCUT2D eigenvalue weighted by atomic mass is 10.1. The van der Waals surface area contributed by atoms with E-state index in [1.807, 2.05) is 0 Å². The van der Waals surface area contributed by atoms with E-state index < -0.39 is 22.4 Å². The highest BCUT2D eigenvalue weighted by molar-refractivity contribution is 7.84. The van der Waals surface area contributed by atoms with Crippen molar-refractivity contribution in [1.82, 2.24) is 0 Å². The number of rotatable bonds is 4. The molecular weight excluding hydrogens is 268 g/mol. The smallest absolute Gasteiger partial charge is 0.139 e. The highest BCUT2D eigenvalue weighted by Crippen LogP contribution is 2.19. The molecule has 0 fully saturated rings. The molecule has 19 heavy (non-hydrogen) atoms. The summed E-state index contributed by atoms with van der Waals surface area (Å²) in [4.78, 5) is 0.120. The molecule has 0 heterocycles. The molecule has 100 valence electrons. The lowest BCUT2D eigenvalue weighted by Gasteiger charge is -2.08. The van der Waals surface area contributed by atoms with E-state index in [0.29, 0.717) is 11.1 Å². The van der Waals surface area contributed by atoms with Crippen LogP contribution in [0, 0.1) is 11.6 Å². The van der Waals surface area contributed by atoms with Crippen LogP contribution in [0.15, 0.2) is 47.4 Å². The standard InChI is InChI=1S/C14H13F2NOS/c15-12-6-5-10(8-17)11(7-12)9-19(18)14-4-2-1-3-13(14)16/h1-7H,8-9,17H2. The van der Waals surface area contributed by atoms with Crippen molar-refractivity contribution in [1.29, 1.82) is 0 Å². The molecular formula is C14H13F2NOS. The molecule has 0 aliphatic heterocycles. The van der Waals surface area contributed by atoms with Crippen LogP contribution in [0.5, 0.6) is 0 Å². The molecule has 0 amide bonds. The van der Waals surface area contributed by atoms with Crippen molar-refractivity contribution in [3.63, 3.8) is 0 Å². The zero-order valence-electron chi connectivity index (χ0n) is 10.1. The van der Waals surface area contributed by atoms with Gasteiger partial charge >= 0.3 is 0 Å². The Morgan fingerprint density at radius 3 is 2.47 bits per heavy atom. The summed E-state index contributed by atoms with van der Waals surface area (Å²) in [6.45, 7) is 0.226. The van der Waals surface area contributed by atoms with Gasteiger partial charge in [0.1, 0.15) is 11.6 Å². The van der Waals surface area contributed by atoms with Crippen LogP contribution < -0.4 is 5.73 Å². The molecule has 2 aromatic rings. The Morgan fingerprint density at radius 1 is 1.05 bits per heavy atom. The number of hydrogen-bond acceptors (Lipinski definition) is 2. The zero-order chi connectivity index (χ0) is 13.8. The first-order valence-corrected chi connectivity index (χ1v) is 7.04. The van der Waals surface area contributed by atoms with E-state index >= 15 is 0 Å². The van der Waals surface area contributed by atoms with Gasteiger partial charge in [0.2, 0.25) is 0 Å². The minimum Gasteiger partial charge on any atom is -0.326 e. The number of hydrogen-bond donors (Lipinski definition) is 1. The molecule has 0 saturated heterocycles. The third-order valence-electron chi connectivity index (χ3n) is 2.76. The quantitative estimate of drug-likeness (QED) is 0.936. The Hall–Kier alpha value is -1.59. The van der Waals surface area contributed by atoms with Crippen molar-refractivity contribution >= 4 is 10.8 Å². The normalized spacial score (nSPS) is 12.4. The Bertz CT molecular complexity index is 616. The van der Waals surface area contributed by atoms with E-state index in [0.717, 1.165) is 0 Å². The fourth-order valence-corrected chi connectivity index (χ4v) is 3.00. The van der Waals surface area contributed by atoms with Gasteiger partial charge in [-0.25, -0.2) is 8.78 Å². The second-order valence-corrected chi connectivity index (χ2v) is 5.46. The molecule has 5 heteroatoms. The molecule has 0 aromatic heterocycles. The minimum atomic E-state index is -1.56. The van der Waals surface area contributed by atoms with Gasteiger partial charge in [-0.05, 0) is 35.4 Å². The van der Waals surface area contributed by atoms with Gasteiger partial charge < -0.3 is 5.73 Å². The molecule has 0 bridgehead atoms. The lowest BCUT2D eigenvalue weighted by molar-refractivity contribution is 0.595. The van der Waals surface area contributed by atoms with Crippen LogP contribution in [-0.4, -0.2) is 4.21 Å². The second-order valence-electron chi connectivity index (χ2n) is 4.04. The zero-order valence-corrected chi connectivity index (χ0v) is 10.9. The molecule has 2 nitrogen and oxygen atoms in total. The molecule has 0 aliphatic rings. The third-order valence-corrected chi connectivity index (χ3v) is 4.15. The van der Waals surface area contributed by atoms with Crippen LogP contribution in [0.2, 0.25) is 0 Å². The molecule has 0 spiro atoms. The molecule has 2 N–H and O–H groups in total. The van der Waals surface area contributed by atoms with Gasteiger partial charge in [-0.3, -0.25) is 4.21 Å². The average Bonchev–Trinajstić information content (AvgIpc) is 2.39. The molecule has 1 atom stereocenters. The third kappa shape index (κ3) is 3.24. The van der Waals surface area contributed by atoms with Crippen molar-refractivity contribution in [2.45, 2.75) is 17.2 Å². The minimum absolute atomic E-state index is 0.0469. The fraction of sp³-hybridized carbons (Fsp3) is 0.143. The van der Waals surface area contributed by atoms with Crippen molar-refractivity contribution in [3.8, 4) is 0 Å². The molecule has 1 unspecified atom stereocenters. The first-order valence-electron chi connectivity index (χ1n) is 5.72. The molecule has 0 aliphatic carbocycles. The summed E-state index contributed by atoms with van der Waals surface area (Å²) >= 11 is 0. The van der Waals surface area contributed by atoms with E-state index in [9.17, 15) is 13.0 Å². The van der Waals surface area contributed by atoms with Gasteiger partial charge in [0.05, 0.1) is 21.4 Å². The average molecular weight is 281 g/mol.